The molecule has 3 heterocycles. The van der Waals surface area contributed by atoms with E-state index in [-0.39, 0.29) is 11.7 Å². The van der Waals surface area contributed by atoms with Gasteiger partial charge in [0.05, 0.1) is 12.0 Å². The van der Waals surface area contributed by atoms with Crippen LogP contribution in [-0.4, -0.2) is 45.2 Å². The molecule has 35 heavy (non-hydrogen) atoms. The van der Waals surface area contributed by atoms with Crippen molar-refractivity contribution < 1.29 is 14.3 Å². The fraction of sp³-hybridized carbons (Fsp3) is 0.357. The van der Waals surface area contributed by atoms with Crippen LogP contribution in [0.15, 0.2) is 42.5 Å². The van der Waals surface area contributed by atoms with E-state index in [0.29, 0.717) is 55.2 Å². The van der Waals surface area contributed by atoms with Crippen molar-refractivity contribution in [3.8, 4) is 5.75 Å². The number of anilines is 2. The van der Waals surface area contributed by atoms with Gasteiger partial charge in [0.25, 0.3) is 5.91 Å². The van der Waals surface area contributed by atoms with Gasteiger partial charge in [-0.1, -0.05) is 12.1 Å². The maximum Gasteiger partial charge on any atom is 0.253 e. The largest absolute Gasteiger partial charge is 0.486 e. The number of ether oxygens (including phenoxy) is 1. The van der Waals surface area contributed by atoms with E-state index in [1.165, 1.54) is 0 Å². The van der Waals surface area contributed by atoms with Gasteiger partial charge in [-0.25, -0.2) is 9.97 Å². The molecule has 0 bridgehead atoms. The lowest BCUT2D eigenvalue weighted by atomic mass is 9.81. The van der Waals surface area contributed by atoms with Gasteiger partial charge in [0.15, 0.2) is 5.78 Å². The van der Waals surface area contributed by atoms with Crippen LogP contribution in [0.3, 0.4) is 0 Å². The number of nitrogens with zero attached hydrogens (tertiary/aromatic N) is 3. The number of ketones is 1. The van der Waals surface area contributed by atoms with E-state index in [1.807, 2.05) is 75.1 Å². The second-order valence-electron chi connectivity index (χ2n) is 9.81. The Hall–Kier alpha value is -3.74. The zero-order valence-corrected chi connectivity index (χ0v) is 20.6. The number of hydrogen-bond donors (Lipinski definition) is 1. The molecule has 1 saturated heterocycles. The fourth-order valence-corrected chi connectivity index (χ4v) is 5.24. The highest BCUT2D eigenvalue weighted by molar-refractivity contribution is 6.02. The summed E-state index contributed by atoms with van der Waals surface area (Å²) >= 11 is 0. The lowest BCUT2D eigenvalue weighted by Crippen LogP contribution is -2.52. The highest BCUT2D eigenvalue weighted by Gasteiger charge is 2.44. The van der Waals surface area contributed by atoms with Crippen molar-refractivity contribution in [2.45, 2.75) is 52.6 Å². The molecule has 180 valence electrons. The van der Waals surface area contributed by atoms with Gasteiger partial charge in [0, 0.05) is 48.6 Å². The monoisotopic (exact) mass is 470 g/mol. The first-order valence-electron chi connectivity index (χ1n) is 12.0. The predicted molar refractivity (Wildman–Crippen MR) is 135 cm³/mol. The van der Waals surface area contributed by atoms with Crippen LogP contribution < -0.4 is 10.1 Å². The van der Waals surface area contributed by atoms with E-state index in [0.717, 1.165) is 28.2 Å². The molecule has 3 aromatic rings. The standard InChI is InChI=1S/C28H30N4O3/c1-17-12-18(2)25-23(33)16-28(35-24(25)13-17)8-10-32(11-9-28)26(34)21-6-5-7-22(15-21)31-27-29-19(3)14-20(4)30-27/h5-7,12-15H,8-11,16H2,1-4H3,(H,29,30,31). The maximum atomic E-state index is 13.3. The number of fused-ring (bicyclic) bond motifs is 1. The van der Waals surface area contributed by atoms with Gasteiger partial charge >= 0.3 is 0 Å². The molecule has 0 aliphatic carbocycles. The Labute approximate surface area is 205 Å². The molecule has 1 fully saturated rings. The summed E-state index contributed by atoms with van der Waals surface area (Å²) in [6, 6.07) is 13.3. The summed E-state index contributed by atoms with van der Waals surface area (Å²) in [5, 5.41) is 3.20. The summed E-state index contributed by atoms with van der Waals surface area (Å²) in [4.78, 5) is 37.0. The third-order valence-electron chi connectivity index (χ3n) is 6.84. The average Bonchev–Trinajstić information content (AvgIpc) is 2.78. The lowest BCUT2D eigenvalue weighted by molar-refractivity contribution is -0.00581. The minimum Gasteiger partial charge on any atom is -0.486 e. The van der Waals surface area contributed by atoms with Crippen molar-refractivity contribution in [1.82, 2.24) is 14.9 Å². The number of aromatic nitrogens is 2. The van der Waals surface area contributed by atoms with Gasteiger partial charge in [-0.3, -0.25) is 9.59 Å². The van der Waals surface area contributed by atoms with Crippen molar-refractivity contribution in [3.63, 3.8) is 0 Å². The SMILES string of the molecule is Cc1cc(C)c2c(c1)OC1(CCN(C(=O)c3cccc(Nc4nc(C)cc(C)n4)c3)CC1)CC2=O. The average molecular weight is 471 g/mol. The number of benzene rings is 2. The highest BCUT2D eigenvalue weighted by atomic mass is 16.5. The van der Waals surface area contributed by atoms with Crippen molar-refractivity contribution in [2.75, 3.05) is 18.4 Å². The minimum atomic E-state index is -0.537. The summed E-state index contributed by atoms with van der Waals surface area (Å²) < 4.78 is 6.45. The van der Waals surface area contributed by atoms with Crippen LogP contribution in [0.5, 0.6) is 5.75 Å². The Morgan fingerprint density at radius 2 is 1.71 bits per heavy atom. The van der Waals surface area contributed by atoms with Crippen LogP contribution in [0.1, 0.15) is 62.5 Å². The van der Waals surface area contributed by atoms with Gasteiger partial charge in [-0.05, 0) is 69.2 Å². The molecule has 1 N–H and O–H groups in total. The summed E-state index contributed by atoms with van der Waals surface area (Å²) in [7, 11) is 0. The van der Waals surface area contributed by atoms with Crippen LogP contribution in [0, 0.1) is 27.7 Å². The third-order valence-corrected chi connectivity index (χ3v) is 6.84. The fourth-order valence-electron chi connectivity index (χ4n) is 5.24. The Kier molecular flexibility index (Phi) is 5.79. The van der Waals surface area contributed by atoms with E-state index in [4.69, 9.17) is 4.74 Å². The number of hydrogen-bond acceptors (Lipinski definition) is 6. The molecule has 5 rings (SSSR count). The molecule has 2 aliphatic heterocycles. The van der Waals surface area contributed by atoms with Crippen molar-refractivity contribution >= 4 is 23.3 Å². The summed E-state index contributed by atoms with van der Waals surface area (Å²) in [6.45, 7) is 8.91. The molecule has 1 spiro atoms. The number of amides is 1. The topological polar surface area (TPSA) is 84.4 Å². The Balaban J connectivity index is 1.28. The maximum absolute atomic E-state index is 13.3. The van der Waals surface area contributed by atoms with E-state index in [9.17, 15) is 9.59 Å². The lowest BCUT2D eigenvalue weighted by Gasteiger charge is -2.44. The van der Waals surface area contributed by atoms with Crippen LogP contribution >= 0.6 is 0 Å². The number of Topliss-reactive ketones (excluding diaryl/α,β-unsaturated/α-hetero) is 1. The third kappa shape index (κ3) is 4.63. The number of rotatable bonds is 3. The molecule has 2 aliphatic rings. The molecule has 1 amide bonds. The summed E-state index contributed by atoms with van der Waals surface area (Å²) in [6.07, 6.45) is 1.62. The van der Waals surface area contributed by atoms with Gasteiger partial charge in [0.2, 0.25) is 5.95 Å². The second kappa shape index (κ2) is 8.80. The van der Waals surface area contributed by atoms with Crippen LogP contribution in [0.2, 0.25) is 0 Å². The highest BCUT2D eigenvalue weighted by Crippen LogP contribution is 2.41. The summed E-state index contributed by atoms with van der Waals surface area (Å²) in [5.41, 5.74) is 5.34. The molecular formula is C28H30N4O3. The smallest absolute Gasteiger partial charge is 0.253 e. The van der Waals surface area contributed by atoms with E-state index < -0.39 is 5.60 Å². The number of nitrogens with one attached hydrogen (secondary N) is 1. The van der Waals surface area contributed by atoms with Gasteiger partial charge in [-0.15, -0.1) is 0 Å². The molecule has 0 saturated carbocycles. The van der Waals surface area contributed by atoms with Crippen LogP contribution in [0.25, 0.3) is 0 Å². The number of likely N-dealkylation sites (tertiary alicyclic amines) is 1. The molecule has 0 unspecified atom stereocenters. The normalized spacial score (nSPS) is 16.6. The first-order valence-corrected chi connectivity index (χ1v) is 12.0. The molecular weight excluding hydrogens is 440 g/mol. The van der Waals surface area contributed by atoms with Gasteiger partial charge < -0.3 is 15.0 Å². The number of piperidine rings is 1. The molecule has 0 atom stereocenters. The number of carbonyl (C=O) groups is 2. The van der Waals surface area contributed by atoms with E-state index in [2.05, 4.69) is 15.3 Å². The molecule has 1 aromatic heterocycles. The molecule has 2 aromatic carbocycles. The molecule has 7 heteroatoms. The van der Waals surface area contributed by atoms with Gasteiger partial charge in [0.1, 0.15) is 11.4 Å². The predicted octanol–water partition coefficient (Wildman–Crippen LogP) is 5.09. The Morgan fingerprint density at radius 1 is 1.00 bits per heavy atom. The van der Waals surface area contributed by atoms with Crippen molar-refractivity contribution in [2.24, 2.45) is 0 Å². The quantitative estimate of drug-likeness (QED) is 0.574. The first kappa shape index (κ1) is 23.0. The summed E-state index contributed by atoms with van der Waals surface area (Å²) in [5.74, 6) is 1.30. The van der Waals surface area contributed by atoms with Crippen molar-refractivity contribution in [3.05, 3.63) is 76.1 Å². The van der Waals surface area contributed by atoms with Gasteiger partial charge in [-0.2, -0.15) is 0 Å². The zero-order chi connectivity index (χ0) is 24.7. The zero-order valence-electron chi connectivity index (χ0n) is 20.6. The van der Waals surface area contributed by atoms with E-state index in [1.54, 1.807) is 0 Å². The second-order valence-corrected chi connectivity index (χ2v) is 9.81. The Bertz CT molecular complexity index is 1310. The molecule has 7 nitrogen and oxygen atoms in total. The number of aryl methyl sites for hydroxylation is 4. The molecule has 0 radical (unpaired) electrons. The van der Waals surface area contributed by atoms with Crippen molar-refractivity contribution in [1.29, 1.82) is 0 Å². The van der Waals surface area contributed by atoms with E-state index >= 15 is 0 Å². The van der Waals surface area contributed by atoms with Crippen LogP contribution in [-0.2, 0) is 0 Å². The van der Waals surface area contributed by atoms with Crippen LogP contribution in [0.4, 0.5) is 11.6 Å². The first-order chi connectivity index (χ1) is 16.7. The number of carbonyl (C=O) groups excluding carboxylic acids is 2. The Morgan fingerprint density at radius 3 is 2.43 bits per heavy atom. The minimum absolute atomic E-state index is 0.0286.